The molecule has 0 bridgehead atoms. The maximum Gasteiger partial charge on any atom is 0.240 e. The first kappa shape index (κ1) is 17.8. The molecular weight excluding hydrogens is 334 g/mol. The van der Waals surface area contributed by atoms with Gasteiger partial charge in [-0.3, -0.25) is 19.3 Å². The molecule has 2 aromatic heterocycles. The summed E-state index contributed by atoms with van der Waals surface area (Å²) in [7, 11) is 0. The number of amides is 3. The number of rotatable bonds is 6. The zero-order chi connectivity index (χ0) is 18.7. The molecule has 0 unspecified atom stereocenters. The molecular formula is C18H21N5O3. The highest BCUT2D eigenvalue weighted by Gasteiger charge is 2.30. The molecule has 1 aliphatic heterocycles. The Balaban J connectivity index is 1.58. The fraction of sp³-hybridized carbons (Fsp3) is 0.389. The Hall–Kier alpha value is -3.03. The Kier molecular flexibility index (Phi) is 5.11. The molecule has 136 valence electrons. The fourth-order valence-electron chi connectivity index (χ4n) is 3.06. The highest BCUT2D eigenvalue weighted by atomic mass is 16.2. The maximum absolute atomic E-state index is 12.0. The quantitative estimate of drug-likeness (QED) is 0.769. The second kappa shape index (κ2) is 7.47. The molecule has 2 aromatic rings. The Labute approximate surface area is 151 Å². The third kappa shape index (κ3) is 3.63. The molecule has 0 spiro atoms. The number of nitrogens with one attached hydrogen (secondary N) is 1. The van der Waals surface area contributed by atoms with Gasteiger partial charge < -0.3 is 5.32 Å². The van der Waals surface area contributed by atoms with Crippen LogP contribution in [0, 0.1) is 13.8 Å². The minimum atomic E-state index is -0.332. The molecule has 8 heteroatoms. The van der Waals surface area contributed by atoms with E-state index < -0.39 is 0 Å². The lowest BCUT2D eigenvalue weighted by atomic mass is 10.1. The van der Waals surface area contributed by atoms with Gasteiger partial charge in [-0.15, -0.1) is 0 Å². The van der Waals surface area contributed by atoms with E-state index in [1.54, 1.807) is 10.9 Å². The van der Waals surface area contributed by atoms with E-state index in [1.165, 1.54) is 0 Å². The smallest absolute Gasteiger partial charge is 0.240 e. The molecule has 1 saturated heterocycles. The first-order valence-corrected chi connectivity index (χ1v) is 8.53. The third-order valence-electron chi connectivity index (χ3n) is 4.46. The van der Waals surface area contributed by atoms with Gasteiger partial charge in [0.15, 0.2) is 5.82 Å². The van der Waals surface area contributed by atoms with Gasteiger partial charge in [-0.05, 0) is 38.0 Å². The summed E-state index contributed by atoms with van der Waals surface area (Å²) in [6.45, 7) is 4.09. The van der Waals surface area contributed by atoms with E-state index >= 15 is 0 Å². The molecule has 8 nitrogen and oxygen atoms in total. The summed E-state index contributed by atoms with van der Waals surface area (Å²) < 4.78 is 1.79. The summed E-state index contributed by atoms with van der Waals surface area (Å²) >= 11 is 0. The second-order valence-corrected chi connectivity index (χ2v) is 6.22. The van der Waals surface area contributed by atoms with Gasteiger partial charge in [0.25, 0.3) is 0 Å². The molecule has 0 aliphatic carbocycles. The molecule has 0 aromatic carbocycles. The number of likely N-dealkylation sites (tertiary alicyclic amines) is 1. The van der Waals surface area contributed by atoms with Gasteiger partial charge >= 0.3 is 0 Å². The van der Waals surface area contributed by atoms with Crippen LogP contribution >= 0.6 is 0 Å². The van der Waals surface area contributed by atoms with Crippen molar-refractivity contribution in [1.82, 2.24) is 25.0 Å². The van der Waals surface area contributed by atoms with E-state index in [-0.39, 0.29) is 37.1 Å². The van der Waals surface area contributed by atoms with Crippen LogP contribution in [0.2, 0.25) is 0 Å². The monoisotopic (exact) mass is 355 g/mol. The molecule has 3 heterocycles. The van der Waals surface area contributed by atoms with Crippen LogP contribution in [0.15, 0.2) is 24.4 Å². The van der Waals surface area contributed by atoms with Gasteiger partial charge in [-0.1, -0.05) is 6.07 Å². The van der Waals surface area contributed by atoms with E-state index in [2.05, 4.69) is 15.4 Å². The SMILES string of the molecule is Cc1nn(-c2ccccn2)c(C)c1CCNC(=O)CN1C(=O)CCC1=O. The predicted octanol–water partition coefficient (Wildman–Crippen LogP) is 0.692. The van der Waals surface area contributed by atoms with Crippen LogP contribution in [0.25, 0.3) is 5.82 Å². The van der Waals surface area contributed by atoms with Crippen LogP contribution in [0.1, 0.15) is 29.8 Å². The molecule has 3 amide bonds. The molecule has 3 rings (SSSR count). The summed E-state index contributed by atoms with van der Waals surface area (Å²) in [5, 5.41) is 7.29. The van der Waals surface area contributed by atoms with Crippen molar-refractivity contribution in [3.63, 3.8) is 0 Å². The van der Waals surface area contributed by atoms with Crippen LogP contribution in [-0.2, 0) is 20.8 Å². The molecule has 0 saturated carbocycles. The molecule has 0 radical (unpaired) electrons. The first-order valence-electron chi connectivity index (χ1n) is 8.53. The molecule has 1 aliphatic rings. The van der Waals surface area contributed by atoms with Gasteiger partial charge in [0.05, 0.1) is 5.69 Å². The highest BCUT2D eigenvalue weighted by Crippen LogP contribution is 2.17. The molecule has 0 atom stereocenters. The number of aryl methyl sites for hydroxylation is 1. The van der Waals surface area contributed by atoms with E-state index in [4.69, 9.17) is 0 Å². The van der Waals surface area contributed by atoms with Crippen molar-refractivity contribution in [2.45, 2.75) is 33.1 Å². The van der Waals surface area contributed by atoms with Crippen molar-refractivity contribution >= 4 is 17.7 Å². The van der Waals surface area contributed by atoms with Crippen molar-refractivity contribution in [3.05, 3.63) is 41.3 Å². The van der Waals surface area contributed by atoms with E-state index in [0.29, 0.717) is 13.0 Å². The normalized spacial score (nSPS) is 14.2. The zero-order valence-electron chi connectivity index (χ0n) is 14.9. The standard InChI is InChI=1S/C18H21N5O3/c1-12-14(13(2)23(21-12)15-5-3-4-9-19-15)8-10-20-16(24)11-22-17(25)6-7-18(22)26/h3-5,9H,6-8,10-11H2,1-2H3,(H,20,24). The van der Waals surface area contributed by atoms with Gasteiger partial charge in [-0.25, -0.2) is 9.67 Å². The average Bonchev–Trinajstić information content (AvgIpc) is 3.10. The Morgan fingerprint density at radius 3 is 2.58 bits per heavy atom. The number of nitrogens with zero attached hydrogens (tertiary/aromatic N) is 4. The second-order valence-electron chi connectivity index (χ2n) is 6.22. The fourth-order valence-corrected chi connectivity index (χ4v) is 3.06. The Morgan fingerprint density at radius 2 is 1.92 bits per heavy atom. The summed E-state index contributed by atoms with van der Waals surface area (Å²) in [6.07, 6.45) is 2.71. The van der Waals surface area contributed by atoms with Crippen LogP contribution in [0.3, 0.4) is 0 Å². The number of imide groups is 1. The molecule has 1 N–H and O–H groups in total. The number of hydrogen-bond acceptors (Lipinski definition) is 5. The molecule has 26 heavy (non-hydrogen) atoms. The van der Waals surface area contributed by atoms with Crippen molar-refractivity contribution in [3.8, 4) is 5.82 Å². The predicted molar refractivity (Wildman–Crippen MR) is 93.5 cm³/mol. The van der Waals surface area contributed by atoms with Crippen LogP contribution < -0.4 is 5.32 Å². The van der Waals surface area contributed by atoms with E-state index in [9.17, 15) is 14.4 Å². The number of carbonyl (C=O) groups excluding carboxylic acids is 3. The first-order chi connectivity index (χ1) is 12.5. The summed E-state index contributed by atoms with van der Waals surface area (Å²) in [4.78, 5) is 40.4. The van der Waals surface area contributed by atoms with E-state index in [0.717, 1.165) is 27.7 Å². The van der Waals surface area contributed by atoms with E-state index in [1.807, 2.05) is 32.0 Å². The van der Waals surface area contributed by atoms with Gasteiger partial charge in [-0.2, -0.15) is 5.10 Å². The maximum atomic E-state index is 12.0. The zero-order valence-corrected chi connectivity index (χ0v) is 14.9. The van der Waals surface area contributed by atoms with Crippen LogP contribution in [0.5, 0.6) is 0 Å². The van der Waals surface area contributed by atoms with Crippen molar-refractivity contribution in [1.29, 1.82) is 0 Å². The largest absolute Gasteiger partial charge is 0.354 e. The molecule has 1 fully saturated rings. The van der Waals surface area contributed by atoms with Crippen molar-refractivity contribution in [2.24, 2.45) is 0 Å². The Bertz CT molecular complexity index is 828. The minimum absolute atomic E-state index is 0.192. The number of carbonyl (C=O) groups is 3. The summed E-state index contributed by atoms with van der Waals surface area (Å²) in [6, 6.07) is 5.64. The van der Waals surface area contributed by atoms with Crippen molar-refractivity contribution < 1.29 is 14.4 Å². The highest BCUT2D eigenvalue weighted by molar-refractivity contribution is 6.04. The van der Waals surface area contributed by atoms with Crippen LogP contribution in [0.4, 0.5) is 0 Å². The number of hydrogen-bond donors (Lipinski definition) is 1. The number of aromatic nitrogens is 3. The third-order valence-corrected chi connectivity index (χ3v) is 4.46. The minimum Gasteiger partial charge on any atom is -0.354 e. The summed E-state index contributed by atoms with van der Waals surface area (Å²) in [5.41, 5.74) is 2.90. The lowest BCUT2D eigenvalue weighted by Gasteiger charge is -2.13. The van der Waals surface area contributed by atoms with Gasteiger partial charge in [0.2, 0.25) is 17.7 Å². The van der Waals surface area contributed by atoms with Gasteiger partial charge in [0.1, 0.15) is 6.54 Å². The van der Waals surface area contributed by atoms with Crippen molar-refractivity contribution in [2.75, 3.05) is 13.1 Å². The average molecular weight is 355 g/mol. The Morgan fingerprint density at radius 1 is 1.19 bits per heavy atom. The lowest BCUT2D eigenvalue weighted by Crippen LogP contribution is -2.40. The number of pyridine rings is 1. The summed E-state index contributed by atoms with van der Waals surface area (Å²) in [5.74, 6) is -0.155. The van der Waals surface area contributed by atoms with Crippen LogP contribution in [-0.4, -0.2) is 50.5 Å². The topological polar surface area (TPSA) is 97.2 Å². The van der Waals surface area contributed by atoms with Gasteiger partial charge in [0, 0.05) is 31.3 Å². The lowest BCUT2D eigenvalue weighted by molar-refractivity contribution is -0.142.